The predicted molar refractivity (Wildman–Crippen MR) is 73.2 cm³/mol. The average molecular weight is 246 g/mol. The number of hydrogen-bond acceptors (Lipinski definition) is 2. The van der Waals surface area contributed by atoms with Gasteiger partial charge in [0.25, 0.3) is 0 Å². The Labute approximate surface area is 109 Å². The lowest BCUT2D eigenvalue weighted by Crippen LogP contribution is -2.39. The van der Waals surface area contributed by atoms with E-state index in [-0.39, 0.29) is 11.9 Å². The molecule has 1 saturated carbocycles. The standard InChI is InChI=1S/C15H22N2O/c1-10-6-5-7-11(2)13(10)14(15(16)18)17-12-8-3-4-9-12/h5-7,12,14,17H,3-4,8-9H2,1-2H3,(H2,16,18). The fourth-order valence-corrected chi connectivity index (χ4v) is 2.92. The summed E-state index contributed by atoms with van der Waals surface area (Å²) < 4.78 is 0. The number of nitrogens with one attached hydrogen (secondary N) is 1. The summed E-state index contributed by atoms with van der Waals surface area (Å²) in [6.07, 6.45) is 4.79. The van der Waals surface area contributed by atoms with E-state index >= 15 is 0 Å². The molecule has 1 unspecified atom stereocenters. The molecule has 3 N–H and O–H groups in total. The van der Waals surface area contributed by atoms with Gasteiger partial charge in [-0.1, -0.05) is 31.0 Å². The van der Waals surface area contributed by atoms with Gasteiger partial charge < -0.3 is 5.73 Å². The van der Waals surface area contributed by atoms with Crippen molar-refractivity contribution in [3.05, 3.63) is 34.9 Å². The molecule has 0 aromatic heterocycles. The first-order valence-electron chi connectivity index (χ1n) is 6.71. The van der Waals surface area contributed by atoms with E-state index in [1.165, 1.54) is 12.8 Å². The van der Waals surface area contributed by atoms with Crippen molar-refractivity contribution in [3.63, 3.8) is 0 Å². The number of benzene rings is 1. The first-order chi connectivity index (χ1) is 8.59. The summed E-state index contributed by atoms with van der Waals surface area (Å²) in [5.74, 6) is -0.278. The number of aryl methyl sites for hydroxylation is 2. The zero-order valence-electron chi connectivity index (χ0n) is 11.2. The van der Waals surface area contributed by atoms with Crippen LogP contribution in [0.25, 0.3) is 0 Å². The predicted octanol–water partition coefficient (Wildman–Crippen LogP) is 2.36. The topological polar surface area (TPSA) is 55.1 Å². The van der Waals surface area contributed by atoms with E-state index < -0.39 is 0 Å². The van der Waals surface area contributed by atoms with E-state index in [2.05, 4.69) is 5.32 Å². The Kier molecular flexibility index (Phi) is 4.02. The quantitative estimate of drug-likeness (QED) is 0.857. The molecule has 0 radical (unpaired) electrons. The Bertz CT molecular complexity index is 416. The average Bonchev–Trinajstić information content (AvgIpc) is 2.80. The molecule has 1 amide bonds. The van der Waals surface area contributed by atoms with E-state index in [9.17, 15) is 4.79 Å². The SMILES string of the molecule is Cc1cccc(C)c1C(NC1CCCC1)C(N)=O. The Balaban J connectivity index is 2.26. The number of amides is 1. The fraction of sp³-hybridized carbons (Fsp3) is 0.533. The Morgan fingerprint density at radius 2 is 1.83 bits per heavy atom. The van der Waals surface area contributed by atoms with E-state index in [4.69, 9.17) is 5.73 Å². The molecule has 1 aliphatic carbocycles. The van der Waals surface area contributed by atoms with Gasteiger partial charge in [0.15, 0.2) is 0 Å². The van der Waals surface area contributed by atoms with E-state index in [0.717, 1.165) is 29.5 Å². The largest absolute Gasteiger partial charge is 0.368 e. The van der Waals surface area contributed by atoms with E-state index in [1.807, 2.05) is 32.0 Å². The van der Waals surface area contributed by atoms with Crippen LogP contribution in [-0.2, 0) is 4.79 Å². The number of carbonyl (C=O) groups excluding carboxylic acids is 1. The second-order valence-corrected chi connectivity index (χ2v) is 5.29. The van der Waals surface area contributed by atoms with Gasteiger partial charge in [-0.05, 0) is 43.4 Å². The molecule has 0 saturated heterocycles. The van der Waals surface area contributed by atoms with Gasteiger partial charge >= 0.3 is 0 Å². The van der Waals surface area contributed by atoms with Crippen molar-refractivity contribution in [1.29, 1.82) is 0 Å². The monoisotopic (exact) mass is 246 g/mol. The molecule has 1 atom stereocenters. The second kappa shape index (κ2) is 5.53. The molecule has 2 rings (SSSR count). The van der Waals surface area contributed by atoms with Gasteiger partial charge in [-0.15, -0.1) is 0 Å². The lowest BCUT2D eigenvalue weighted by Gasteiger charge is -2.23. The van der Waals surface area contributed by atoms with Crippen LogP contribution >= 0.6 is 0 Å². The third-order valence-corrected chi connectivity index (χ3v) is 3.87. The third-order valence-electron chi connectivity index (χ3n) is 3.87. The molecule has 1 aromatic carbocycles. The fourth-order valence-electron chi connectivity index (χ4n) is 2.92. The number of primary amides is 1. The molecule has 1 fully saturated rings. The highest BCUT2D eigenvalue weighted by Gasteiger charge is 2.26. The number of rotatable bonds is 4. The highest BCUT2D eigenvalue weighted by molar-refractivity contribution is 5.82. The van der Waals surface area contributed by atoms with E-state index in [0.29, 0.717) is 6.04 Å². The van der Waals surface area contributed by atoms with Crippen LogP contribution in [0.4, 0.5) is 0 Å². The van der Waals surface area contributed by atoms with Crippen molar-refractivity contribution in [2.24, 2.45) is 5.73 Å². The molecule has 0 aliphatic heterocycles. The van der Waals surface area contributed by atoms with Crippen LogP contribution < -0.4 is 11.1 Å². The summed E-state index contributed by atoms with van der Waals surface area (Å²) >= 11 is 0. The molecule has 18 heavy (non-hydrogen) atoms. The van der Waals surface area contributed by atoms with Crippen LogP contribution in [0, 0.1) is 13.8 Å². The van der Waals surface area contributed by atoms with Crippen molar-refractivity contribution in [3.8, 4) is 0 Å². The van der Waals surface area contributed by atoms with Crippen LogP contribution in [0.2, 0.25) is 0 Å². The molecule has 0 bridgehead atoms. The molecular weight excluding hydrogens is 224 g/mol. The zero-order valence-corrected chi connectivity index (χ0v) is 11.2. The van der Waals surface area contributed by atoms with Gasteiger partial charge in [-0.3, -0.25) is 10.1 Å². The van der Waals surface area contributed by atoms with Gasteiger partial charge in [0, 0.05) is 6.04 Å². The van der Waals surface area contributed by atoms with Gasteiger partial charge in [-0.2, -0.15) is 0 Å². The van der Waals surface area contributed by atoms with Crippen LogP contribution in [0.3, 0.4) is 0 Å². The highest BCUT2D eigenvalue weighted by Crippen LogP contribution is 2.26. The lowest BCUT2D eigenvalue weighted by molar-refractivity contribution is -0.120. The maximum atomic E-state index is 11.8. The van der Waals surface area contributed by atoms with E-state index in [1.54, 1.807) is 0 Å². The Morgan fingerprint density at radius 3 is 2.33 bits per heavy atom. The summed E-state index contributed by atoms with van der Waals surface area (Å²) in [4.78, 5) is 11.8. The van der Waals surface area contributed by atoms with Crippen LogP contribution in [0.15, 0.2) is 18.2 Å². The molecule has 0 spiro atoms. The van der Waals surface area contributed by atoms with Gasteiger partial charge in [0.2, 0.25) is 5.91 Å². The minimum Gasteiger partial charge on any atom is -0.368 e. The summed E-state index contributed by atoms with van der Waals surface area (Å²) in [7, 11) is 0. The zero-order chi connectivity index (χ0) is 13.1. The maximum Gasteiger partial charge on any atom is 0.239 e. The summed E-state index contributed by atoms with van der Waals surface area (Å²) in [5.41, 5.74) is 8.89. The lowest BCUT2D eigenvalue weighted by atomic mass is 9.95. The molecule has 0 heterocycles. The maximum absolute atomic E-state index is 11.8. The minimum absolute atomic E-state index is 0.278. The van der Waals surface area contributed by atoms with Crippen molar-refractivity contribution in [1.82, 2.24) is 5.32 Å². The molecule has 3 heteroatoms. The molecular formula is C15H22N2O. The van der Waals surface area contributed by atoms with Crippen LogP contribution in [-0.4, -0.2) is 11.9 Å². The molecule has 1 aliphatic rings. The Morgan fingerprint density at radius 1 is 1.28 bits per heavy atom. The third kappa shape index (κ3) is 2.72. The van der Waals surface area contributed by atoms with Crippen LogP contribution in [0.1, 0.15) is 48.4 Å². The smallest absolute Gasteiger partial charge is 0.239 e. The second-order valence-electron chi connectivity index (χ2n) is 5.29. The van der Waals surface area contributed by atoms with Gasteiger partial charge in [-0.25, -0.2) is 0 Å². The van der Waals surface area contributed by atoms with Crippen molar-refractivity contribution in [2.45, 2.75) is 51.6 Å². The first-order valence-corrected chi connectivity index (χ1v) is 6.71. The van der Waals surface area contributed by atoms with Crippen LogP contribution in [0.5, 0.6) is 0 Å². The van der Waals surface area contributed by atoms with Gasteiger partial charge in [0.05, 0.1) is 0 Å². The molecule has 3 nitrogen and oxygen atoms in total. The van der Waals surface area contributed by atoms with Crippen molar-refractivity contribution < 1.29 is 4.79 Å². The molecule has 98 valence electrons. The van der Waals surface area contributed by atoms with Crippen molar-refractivity contribution in [2.75, 3.05) is 0 Å². The highest BCUT2D eigenvalue weighted by atomic mass is 16.1. The first kappa shape index (κ1) is 13.1. The Hall–Kier alpha value is -1.35. The minimum atomic E-state index is -0.353. The molecule has 1 aromatic rings. The normalized spacial score (nSPS) is 17.9. The summed E-state index contributed by atoms with van der Waals surface area (Å²) in [5, 5.41) is 3.44. The number of nitrogens with two attached hydrogens (primary N) is 1. The summed E-state index contributed by atoms with van der Waals surface area (Å²) in [6.45, 7) is 4.07. The van der Waals surface area contributed by atoms with Crippen molar-refractivity contribution >= 4 is 5.91 Å². The summed E-state index contributed by atoms with van der Waals surface area (Å²) in [6, 6.07) is 6.17. The van der Waals surface area contributed by atoms with Gasteiger partial charge in [0.1, 0.15) is 6.04 Å². The number of carbonyl (C=O) groups is 1. The number of hydrogen-bond donors (Lipinski definition) is 2.